The molecule has 192 valence electrons. The molecular weight excluding hydrogens is 492 g/mol. The van der Waals surface area contributed by atoms with Crippen molar-refractivity contribution in [2.75, 3.05) is 11.8 Å². The number of aryl methyl sites for hydroxylation is 1. The zero-order chi connectivity index (χ0) is 26.2. The Labute approximate surface area is 215 Å². The predicted octanol–water partition coefficient (Wildman–Crippen LogP) is 5.17. The SMILES string of the molecule is Cc1noc(NS(=O)(=O)c2ccccc2-c2ccc(-c3ncco3)cc2CN(C)C(=O)C2CCC2)c1C. The second kappa shape index (κ2) is 9.85. The molecule has 1 aliphatic rings. The maximum absolute atomic E-state index is 13.5. The summed E-state index contributed by atoms with van der Waals surface area (Å²) in [4.78, 5) is 19.0. The van der Waals surface area contributed by atoms with Crippen LogP contribution in [-0.2, 0) is 21.4 Å². The molecule has 0 unspecified atom stereocenters. The molecule has 37 heavy (non-hydrogen) atoms. The van der Waals surface area contributed by atoms with E-state index in [2.05, 4.69) is 14.9 Å². The third kappa shape index (κ3) is 4.89. The van der Waals surface area contributed by atoms with Crippen molar-refractivity contribution in [1.82, 2.24) is 15.0 Å². The van der Waals surface area contributed by atoms with E-state index in [0.29, 0.717) is 34.8 Å². The van der Waals surface area contributed by atoms with Crippen LogP contribution in [0.15, 0.2) is 68.8 Å². The van der Waals surface area contributed by atoms with Crippen LogP contribution < -0.4 is 4.72 Å². The Morgan fingerprint density at radius 3 is 2.57 bits per heavy atom. The van der Waals surface area contributed by atoms with Crippen LogP contribution in [0.5, 0.6) is 0 Å². The Hall–Kier alpha value is -3.92. The van der Waals surface area contributed by atoms with Crippen LogP contribution >= 0.6 is 0 Å². The van der Waals surface area contributed by atoms with Crippen LogP contribution in [0.3, 0.4) is 0 Å². The quantitative estimate of drug-likeness (QED) is 0.340. The summed E-state index contributed by atoms with van der Waals surface area (Å²) in [5.74, 6) is 0.670. The predicted molar refractivity (Wildman–Crippen MR) is 138 cm³/mol. The standard InChI is InChI=1S/C27H28N4O5S/c1-17-18(2)29-36-25(17)30-37(33,34)24-10-5-4-9-23(24)22-12-11-20(26-28-13-14-35-26)15-21(22)16-31(3)27(32)19-7-6-8-19/h4-5,9-15,19,30H,6-8,16H2,1-3H3. The van der Waals surface area contributed by atoms with Gasteiger partial charge in [0.25, 0.3) is 10.0 Å². The van der Waals surface area contributed by atoms with Gasteiger partial charge in [0, 0.05) is 36.2 Å². The van der Waals surface area contributed by atoms with Crippen molar-refractivity contribution < 1.29 is 22.2 Å². The lowest BCUT2D eigenvalue weighted by Crippen LogP contribution is -2.35. The van der Waals surface area contributed by atoms with Crippen molar-refractivity contribution in [3.63, 3.8) is 0 Å². The molecule has 1 fully saturated rings. The minimum absolute atomic E-state index is 0.0499. The Bertz CT molecular complexity index is 1540. The normalized spacial score (nSPS) is 13.8. The summed E-state index contributed by atoms with van der Waals surface area (Å²) in [6.07, 6.45) is 5.93. The fraction of sp³-hybridized carbons (Fsp3) is 0.296. The number of anilines is 1. The lowest BCUT2D eigenvalue weighted by molar-refractivity contribution is -0.137. The topological polar surface area (TPSA) is 119 Å². The molecule has 1 amide bonds. The summed E-state index contributed by atoms with van der Waals surface area (Å²) in [6.45, 7) is 3.79. The van der Waals surface area contributed by atoms with Gasteiger partial charge in [0.15, 0.2) is 0 Å². The van der Waals surface area contributed by atoms with E-state index in [1.807, 2.05) is 18.2 Å². The maximum Gasteiger partial charge on any atom is 0.264 e. The van der Waals surface area contributed by atoms with Gasteiger partial charge in [-0.15, -0.1) is 0 Å². The number of nitrogens with one attached hydrogen (secondary N) is 1. The second-order valence-electron chi connectivity index (χ2n) is 9.36. The average molecular weight is 521 g/mol. The summed E-state index contributed by atoms with van der Waals surface area (Å²) in [7, 11) is -2.24. The number of carbonyl (C=O) groups excluding carboxylic acids is 1. The lowest BCUT2D eigenvalue weighted by atomic mass is 9.84. The van der Waals surface area contributed by atoms with Crippen molar-refractivity contribution in [2.45, 2.75) is 44.6 Å². The molecule has 0 saturated heterocycles. The van der Waals surface area contributed by atoms with Crippen LogP contribution in [0.2, 0.25) is 0 Å². The number of benzene rings is 2. The van der Waals surface area contributed by atoms with Crippen molar-refractivity contribution in [3.8, 4) is 22.6 Å². The highest BCUT2D eigenvalue weighted by atomic mass is 32.2. The molecule has 0 aliphatic heterocycles. The van der Waals surface area contributed by atoms with E-state index in [0.717, 1.165) is 30.4 Å². The minimum Gasteiger partial charge on any atom is -0.445 e. The number of sulfonamides is 1. The first-order valence-corrected chi connectivity index (χ1v) is 13.6. The highest BCUT2D eigenvalue weighted by Gasteiger charge is 2.29. The summed E-state index contributed by atoms with van der Waals surface area (Å²) in [5.41, 5.74) is 3.93. The van der Waals surface area contributed by atoms with E-state index in [4.69, 9.17) is 8.94 Å². The highest BCUT2D eigenvalue weighted by molar-refractivity contribution is 7.92. The number of hydrogen-bond donors (Lipinski definition) is 1. The third-order valence-electron chi connectivity index (χ3n) is 6.87. The first kappa shape index (κ1) is 24.8. The average Bonchev–Trinajstić information content (AvgIpc) is 3.49. The van der Waals surface area contributed by atoms with Gasteiger partial charge in [-0.25, -0.2) is 18.1 Å². The largest absolute Gasteiger partial charge is 0.445 e. The smallest absolute Gasteiger partial charge is 0.264 e. The Morgan fingerprint density at radius 2 is 1.92 bits per heavy atom. The van der Waals surface area contributed by atoms with E-state index >= 15 is 0 Å². The number of carbonyl (C=O) groups is 1. The zero-order valence-electron chi connectivity index (χ0n) is 20.9. The van der Waals surface area contributed by atoms with Crippen LogP contribution in [-0.4, -0.2) is 36.4 Å². The van der Waals surface area contributed by atoms with E-state index in [9.17, 15) is 13.2 Å². The lowest BCUT2D eigenvalue weighted by Gasteiger charge is -2.30. The molecule has 0 atom stereocenters. The molecular formula is C27H28N4O5S. The zero-order valence-corrected chi connectivity index (χ0v) is 21.7. The van der Waals surface area contributed by atoms with Gasteiger partial charge in [-0.1, -0.05) is 35.8 Å². The molecule has 1 aliphatic carbocycles. The molecule has 2 heterocycles. The molecule has 10 heteroatoms. The van der Waals surface area contributed by atoms with Gasteiger partial charge in [-0.3, -0.25) is 4.79 Å². The van der Waals surface area contributed by atoms with Gasteiger partial charge < -0.3 is 13.8 Å². The Balaban J connectivity index is 1.57. The molecule has 9 nitrogen and oxygen atoms in total. The van der Waals surface area contributed by atoms with E-state index < -0.39 is 10.0 Å². The summed E-state index contributed by atoms with van der Waals surface area (Å²) >= 11 is 0. The number of oxazole rings is 1. The van der Waals surface area contributed by atoms with Crippen molar-refractivity contribution in [3.05, 3.63) is 71.7 Å². The first-order chi connectivity index (χ1) is 17.7. The molecule has 2 aromatic heterocycles. The van der Waals surface area contributed by atoms with Crippen LogP contribution in [0, 0.1) is 19.8 Å². The molecule has 0 bridgehead atoms. The van der Waals surface area contributed by atoms with Gasteiger partial charge in [-0.2, -0.15) is 0 Å². The fourth-order valence-corrected chi connectivity index (χ4v) is 5.67. The molecule has 2 aromatic carbocycles. The van der Waals surface area contributed by atoms with Crippen LogP contribution in [0.25, 0.3) is 22.6 Å². The van der Waals surface area contributed by atoms with Crippen molar-refractivity contribution in [2.24, 2.45) is 5.92 Å². The van der Waals surface area contributed by atoms with E-state index in [1.165, 1.54) is 6.26 Å². The molecule has 1 saturated carbocycles. The molecule has 1 N–H and O–H groups in total. The Kier molecular flexibility index (Phi) is 6.59. The second-order valence-corrected chi connectivity index (χ2v) is 11.0. The highest BCUT2D eigenvalue weighted by Crippen LogP contribution is 2.35. The number of hydrogen-bond acceptors (Lipinski definition) is 7. The first-order valence-electron chi connectivity index (χ1n) is 12.1. The van der Waals surface area contributed by atoms with E-state index in [-0.39, 0.29) is 22.6 Å². The van der Waals surface area contributed by atoms with Gasteiger partial charge in [-0.05, 0) is 56.0 Å². The summed E-state index contributed by atoms with van der Waals surface area (Å²) < 4.78 is 40.2. The molecule has 0 radical (unpaired) electrons. The summed E-state index contributed by atoms with van der Waals surface area (Å²) in [5, 5.41) is 3.84. The van der Waals surface area contributed by atoms with Gasteiger partial charge in [0.2, 0.25) is 17.7 Å². The maximum atomic E-state index is 13.5. The minimum atomic E-state index is -4.02. The van der Waals surface area contributed by atoms with Crippen LogP contribution in [0.4, 0.5) is 5.88 Å². The number of nitrogens with zero attached hydrogens (tertiary/aromatic N) is 3. The monoisotopic (exact) mass is 520 g/mol. The van der Waals surface area contributed by atoms with Crippen molar-refractivity contribution >= 4 is 21.8 Å². The summed E-state index contributed by atoms with van der Waals surface area (Å²) in [6, 6.07) is 12.3. The van der Waals surface area contributed by atoms with Gasteiger partial charge >= 0.3 is 0 Å². The molecule has 0 spiro atoms. The molecule has 5 rings (SSSR count). The third-order valence-corrected chi connectivity index (χ3v) is 8.26. The van der Waals surface area contributed by atoms with Gasteiger partial charge in [0.1, 0.15) is 6.26 Å². The fourth-order valence-electron chi connectivity index (χ4n) is 4.40. The number of amides is 1. The van der Waals surface area contributed by atoms with E-state index in [1.54, 1.807) is 56.3 Å². The van der Waals surface area contributed by atoms with Crippen molar-refractivity contribution in [1.29, 1.82) is 0 Å². The Morgan fingerprint density at radius 1 is 1.14 bits per heavy atom. The number of rotatable bonds is 8. The van der Waals surface area contributed by atoms with Crippen LogP contribution in [0.1, 0.15) is 36.1 Å². The molecule has 4 aromatic rings. The van der Waals surface area contributed by atoms with Gasteiger partial charge in [0.05, 0.1) is 16.8 Å². The number of aromatic nitrogens is 2.